The number of aryl methyl sites for hydroxylation is 2. The van der Waals surface area contributed by atoms with E-state index >= 15 is 0 Å². The molecule has 1 aromatic rings. The van der Waals surface area contributed by atoms with Gasteiger partial charge in [0.2, 0.25) is 0 Å². The van der Waals surface area contributed by atoms with Crippen molar-refractivity contribution in [2.24, 2.45) is 0 Å². The molecule has 3 nitrogen and oxygen atoms in total. The summed E-state index contributed by atoms with van der Waals surface area (Å²) < 4.78 is 0. The highest BCUT2D eigenvalue weighted by molar-refractivity contribution is 5.89. The molecule has 1 saturated heterocycles. The molecule has 3 heteroatoms. The first-order valence-corrected chi connectivity index (χ1v) is 6.14. The van der Waals surface area contributed by atoms with Gasteiger partial charge in [0.25, 0.3) is 0 Å². The fourth-order valence-corrected chi connectivity index (χ4v) is 2.66. The average Bonchev–Trinajstić information content (AvgIpc) is 2.29. The molecule has 1 unspecified atom stereocenters. The standard InChI is InChI=1S/C14H19NO2/c1-9-6-10(2)13(14(16)17)7-12(9)11-4-3-5-15-8-11/h6-7,11,15H,3-5,8H2,1-2H3,(H,16,17). The molecule has 1 aromatic carbocycles. The van der Waals surface area contributed by atoms with Crippen LogP contribution in [0, 0.1) is 13.8 Å². The molecule has 0 aromatic heterocycles. The molecule has 1 fully saturated rings. The molecule has 1 atom stereocenters. The number of rotatable bonds is 2. The largest absolute Gasteiger partial charge is 0.478 e. The van der Waals surface area contributed by atoms with Crippen molar-refractivity contribution >= 4 is 5.97 Å². The summed E-state index contributed by atoms with van der Waals surface area (Å²) in [6.45, 7) is 5.97. The van der Waals surface area contributed by atoms with Gasteiger partial charge in [-0.3, -0.25) is 0 Å². The summed E-state index contributed by atoms with van der Waals surface area (Å²) in [5.74, 6) is -0.366. The Morgan fingerprint density at radius 2 is 2.12 bits per heavy atom. The van der Waals surface area contributed by atoms with E-state index in [1.54, 1.807) is 0 Å². The molecule has 1 aliphatic heterocycles. The topological polar surface area (TPSA) is 49.3 Å². The second kappa shape index (κ2) is 4.88. The molecule has 92 valence electrons. The SMILES string of the molecule is Cc1cc(C)c(C2CCCNC2)cc1C(=O)O. The van der Waals surface area contributed by atoms with E-state index in [2.05, 4.69) is 12.2 Å². The van der Waals surface area contributed by atoms with Crippen molar-refractivity contribution in [3.8, 4) is 0 Å². The number of hydrogen-bond donors (Lipinski definition) is 2. The minimum Gasteiger partial charge on any atom is -0.478 e. The Morgan fingerprint density at radius 3 is 2.71 bits per heavy atom. The number of carboxylic acids is 1. The van der Waals surface area contributed by atoms with Crippen LogP contribution in [-0.2, 0) is 0 Å². The fraction of sp³-hybridized carbons (Fsp3) is 0.500. The predicted molar refractivity (Wildman–Crippen MR) is 67.7 cm³/mol. The molecule has 2 N–H and O–H groups in total. The van der Waals surface area contributed by atoms with Crippen LogP contribution in [0.1, 0.15) is 45.8 Å². The van der Waals surface area contributed by atoms with Gasteiger partial charge in [0.05, 0.1) is 5.56 Å². The number of aromatic carboxylic acids is 1. The lowest BCUT2D eigenvalue weighted by atomic mass is 9.86. The molecule has 1 heterocycles. The van der Waals surface area contributed by atoms with Crippen molar-refractivity contribution in [1.82, 2.24) is 5.32 Å². The van der Waals surface area contributed by atoms with Crippen LogP contribution in [0.15, 0.2) is 12.1 Å². The van der Waals surface area contributed by atoms with E-state index in [1.807, 2.05) is 19.1 Å². The average molecular weight is 233 g/mol. The number of carboxylic acid groups (broad SMARTS) is 1. The van der Waals surface area contributed by atoms with Crippen molar-refractivity contribution in [2.75, 3.05) is 13.1 Å². The van der Waals surface area contributed by atoms with Gasteiger partial charge in [-0.1, -0.05) is 6.07 Å². The highest BCUT2D eigenvalue weighted by atomic mass is 16.4. The van der Waals surface area contributed by atoms with Crippen LogP contribution >= 0.6 is 0 Å². The lowest BCUT2D eigenvalue weighted by Crippen LogP contribution is -2.29. The molecule has 0 spiro atoms. The van der Waals surface area contributed by atoms with E-state index in [1.165, 1.54) is 17.5 Å². The summed E-state index contributed by atoms with van der Waals surface area (Å²) in [6.07, 6.45) is 2.32. The van der Waals surface area contributed by atoms with Crippen molar-refractivity contribution in [3.05, 3.63) is 34.4 Å². The van der Waals surface area contributed by atoms with Crippen molar-refractivity contribution in [3.63, 3.8) is 0 Å². The van der Waals surface area contributed by atoms with E-state index in [0.29, 0.717) is 11.5 Å². The third-order valence-corrected chi connectivity index (χ3v) is 3.58. The Balaban J connectivity index is 2.38. The van der Waals surface area contributed by atoms with Crippen LogP contribution in [0.2, 0.25) is 0 Å². The number of carbonyl (C=O) groups is 1. The molecule has 1 aliphatic rings. The van der Waals surface area contributed by atoms with Crippen molar-refractivity contribution in [2.45, 2.75) is 32.6 Å². The van der Waals surface area contributed by atoms with E-state index in [-0.39, 0.29) is 0 Å². The highest BCUT2D eigenvalue weighted by Crippen LogP contribution is 2.28. The zero-order valence-corrected chi connectivity index (χ0v) is 10.4. The molecule has 0 radical (unpaired) electrons. The normalized spacial score (nSPS) is 20.2. The van der Waals surface area contributed by atoms with Crippen molar-refractivity contribution < 1.29 is 9.90 Å². The maximum atomic E-state index is 11.2. The molecular weight excluding hydrogens is 214 g/mol. The van der Waals surface area contributed by atoms with Gasteiger partial charge in [0, 0.05) is 6.54 Å². The Bertz CT molecular complexity index is 434. The number of piperidine rings is 1. The molecule has 2 rings (SSSR count). The molecule has 0 amide bonds. The van der Waals surface area contributed by atoms with E-state index in [4.69, 9.17) is 5.11 Å². The van der Waals surface area contributed by atoms with Crippen LogP contribution in [-0.4, -0.2) is 24.2 Å². The van der Waals surface area contributed by atoms with Gasteiger partial charge in [0.1, 0.15) is 0 Å². The maximum Gasteiger partial charge on any atom is 0.335 e. The van der Waals surface area contributed by atoms with Gasteiger partial charge in [-0.15, -0.1) is 0 Å². The first-order chi connectivity index (χ1) is 8.09. The third kappa shape index (κ3) is 2.50. The van der Waals surface area contributed by atoms with Gasteiger partial charge < -0.3 is 10.4 Å². The lowest BCUT2D eigenvalue weighted by molar-refractivity contribution is 0.0696. The number of nitrogens with one attached hydrogen (secondary N) is 1. The van der Waals surface area contributed by atoms with Crippen LogP contribution < -0.4 is 5.32 Å². The summed E-state index contributed by atoms with van der Waals surface area (Å²) in [6, 6.07) is 3.86. The van der Waals surface area contributed by atoms with Crippen LogP contribution in [0.5, 0.6) is 0 Å². The second-order valence-corrected chi connectivity index (χ2v) is 4.87. The zero-order chi connectivity index (χ0) is 12.4. The quantitative estimate of drug-likeness (QED) is 0.825. The summed E-state index contributed by atoms with van der Waals surface area (Å²) in [4.78, 5) is 11.2. The third-order valence-electron chi connectivity index (χ3n) is 3.58. The fourth-order valence-electron chi connectivity index (χ4n) is 2.66. The summed E-state index contributed by atoms with van der Waals surface area (Å²) >= 11 is 0. The second-order valence-electron chi connectivity index (χ2n) is 4.87. The minimum absolute atomic E-state index is 0.441. The van der Waals surface area contributed by atoms with Gasteiger partial charge in [0.15, 0.2) is 0 Å². The first-order valence-electron chi connectivity index (χ1n) is 6.14. The molecule has 0 saturated carbocycles. The summed E-state index contributed by atoms with van der Waals surface area (Å²) in [7, 11) is 0. The minimum atomic E-state index is -0.826. The summed E-state index contributed by atoms with van der Waals surface area (Å²) in [5, 5.41) is 12.5. The Labute approximate surface area is 102 Å². The van der Waals surface area contributed by atoms with E-state index in [0.717, 1.165) is 25.1 Å². The summed E-state index contributed by atoms with van der Waals surface area (Å²) in [5.41, 5.74) is 3.69. The molecule has 0 aliphatic carbocycles. The van der Waals surface area contributed by atoms with Gasteiger partial charge in [-0.05, 0) is 61.9 Å². The zero-order valence-electron chi connectivity index (χ0n) is 10.4. The van der Waals surface area contributed by atoms with Crippen LogP contribution in [0.25, 0.3) is 0 Å². The van der Waals surface area contributed by atoms with E-state index < -0.39 is 5.97 Å². The van der Waals surface area contributed by atoms with Crippen LogP contribution in [0.3, 0.4) is 0 Å². The Kier molecular flexibility index (Phi) is 3.48. The lowest BCUT2D eigenvalue weighted by Gasteiger charge is -2.25. The van der Waals surface area contributed by atoms with Gasteiger partial charge >= 0.3 is 5.97 Å². The van der Waals surface area contributed by atoms with Gasteiger partial charge in [-0.25, -0.2) is 4.79 Å². The number of benzene rings is 1. The highest BCUT2D eigenvalue weighted by Gasteiger charge is 2.19. The predicted octanol–water partition coefficient (Wildman–Crippen LogP) is 2.47. The van der Waals surface area contributed by atoms with Crippen LogP contribution in [0.4, 0.5) is 0 Å². The maximum absolute atomic E-state index is 11.2. The molecule has 17 heavy (non-hydrogen) atoms. The smallest absolute Gasteiger partial charge is 0.335 e. The van der Waals surface area contributed by atoms with Gasteiger partial charge in [-0.2, -0.15) is 0 Å². The monoisotopic (exact) mass is 233 g/mol. The molecular formula is C14H19NO2. The first kappa shape index (κ1) is 12.1. The van der Waals surface area contributed by atoms with Crippen molar-refractivity contribution in [1.29, 1.82) is 0 Å². The molecule has 0 bridgehead atoms. The van der Waals surface area contributed by atoms with E-state index in [9.17, 15) is 4.79 Å². The Hall–Kier alpha value is -1.35. The Morgan fingerprint density at radius 1 is 1.35 bits per heavy atom. The number of hydrogen-bond acceptors (Lipinski definition) is 2.